The van der Waals surface area contributed by atoms with Gasteiger partial charge >= 0.3 is 0 Å². The predicted octanol–water partition coefficient (Wildman–Crippen LogP) is 3.44. The topological polar surface area (TPSA) is 118 Å². The molecule has 0 bridgehead atoms. The summed E-state index contributed by atoms with van der Waals surface area (Å²) in [6.45, 7) is 3.92. The average molecular weight is 432 g/mol. The maximum atomic E-state index is 11.7. The number of anilines is 1. The van der Waals surface area contributed by atoms with Gasteiger partial charge in [-0.3, -0.25) is 14.8 Å². The molecule has 9 heteroatoms. The third-order valence-electron chi connectivity index (χ3n) is 5.96. The Morgan fingerprint density at radius 1 is 1.22 bits per heavy atom. The Balaban J connectivity index is 1.41. The van der Waals surface area contributed by atoms with Crippen molar-refractivity contribution in [2.24, 2.45) is 0 Å². The van der Waals surface area contributed by atoms with Crippen LogP contribution in [0.1, 0.15) is 33.1 Å². The van der Waals surface area contributed by atoms with Crippen LogP contribution in [-0.4, -0.2) is 49.5 Å². The van der Waals surface area contributed by atoms with Gasteiger partial charge in [0, 0.05) is 42.2 Å². The van der Waals surface area contributed by atoms with Crippen LogP contribution >= 0.6 is 0 Å². The van der Waals surface area contributed by atoms with Crippen molar-refractivity contribution in [1.29, 1.82) is 0 Å². The molecule has 4 aromatic rings. The zero-order valence-corrected chi connectivity index (χ0v) is 18.3. The molecule has 32 heavy (non-hydrogen) atoms. The number of methoxy groups -OCH3 is 1. The van der Waals surface area contributed by atoms with Crippen LogP contribution in [0.25, 0.3) is 33.2 Å². The minimum atomic E-state index is -0.183. The van der Waals surface area contributed by atoms with E-state index in [4.69, 9.17) is 4.74 Å². The molecule has 0 spiro atoms. The number of aromatic nitrogens is 5. The maximum Gasteiger partial charge on any atom is 0.228 e. The normalized spacial score (nSPS) is 20.2. The number of ether oxygens (including phenoxy) is 1. The monoisotopic (exact) mass is 431 g/mol. The van der Waals surface area contributed by atoms with Gasteiger partial charge < -0.3 is 20.4 Å². The molecule has 9 nitrogen and oxygen atoms in total. The molecule has 0 radical (unpaired) electrons. The van der Waals surface area contributed by atoms with Gasteiger partial charge in [-0.2, -0.15) is 9.97 Å². The number of amides is 1. The van der Waals surface area contributed by atoms with E-state index in [1.807, 2.05) is 31.3 Å². The number of fused-ring (bicyclic) bond motifs is 2. The first-order chi connectivity index (χ1) is 15.5. The molecule has 1 aliphatic carbocycles. The Bertz CT molecular complexity index is 1310. The molecule has 3 N–H and O–H groups in total. The molecule has 1 fully saturated rings. The first kappa shape index (κ1) is 20.2. The summed E-state index contributed by atoms with van der Waals surface area (Å²) in [5.74, 6) is 1.07. The van der Waals surface area contributed by atoms with Gasteiger partial charge in [0.1, 0.15) is 5.65 Å². The lowest BCUT2D eigenvalue weighted by Crippen LogP contribution is -2.59. The van der Waals surface area contributed by atoms with E-state index in [9.17, 15) is 4.79 Å². The van der Waals surface area contributed by atoms with Gasteiger partial charge in [-0.15, -0.1) is 0 Å². The minimum Gasteiger partial charge on any atom is -0.480 e. The highest BCUT2D eigenvalue weighted by molar-refractivity contribution is 5.99. The molecular weight excluding hydrogens is 406 g/mol. The Morgan fingerprint density at radius 2 is 2.00 bits per heavy atom. The molecule has 0 saturated heterocycles. The Hall–Kier alpha value is -3.75. The Morgan fingerprint density at radius 3 is 2.75 bits per heavy atom. The van der Waals surface area contributed by atoms with Gasteiger partial charge in [0.2, 0.25) is 17.7 Å². The van der Waals surface area contributed by atoms with Crippen LogP contribution in [0.3, 0.4) is 0 Å². The van der Waals surface area contributed by atoms with Crippen molar-refractivity contribution in [3.63, 3.8) is 0 Å². The molecule has 1 amide bonds. The van der Waals surface area contributed by atoms with Gasteiger partial charge in [0.05, 0.1) is 23.5 Å². The van der Waals surface area contributed by atoms with Crippen molar-refractivity contribution in [3.8, 4) is 17.0 Å². The lowest BCUT2D eigenvalue weighted by atomic mass is 9.74. The van der Waals surface area contributed by atoms with Crippen LogP contribution < -0.4 is 15.4 Å². The fourth-order valence-corrected chi connectivity index (χ4v) is 4.41. The van der Waals surface area contributed by atoms with E-state index in [0.717, 1.165) is 40.4 Å². The summed E-state index contributed by atoms with van der Waals surface area (Å²) in [6, 6.07) is 6.14. The van der Waals surface area contributed by atoms with E-state index in [0.29, 0.717) is 23.9 Å². The molecule has 1 aromatic carbocycles. The second-order valence-electron chi connectivity index (χ2n) is 8.45. The molecule has 0 atom stereocenters. The first-order valence-electron chi connectivity index (χ1n) is 10.7. The zero-order chi connectivity index (χ0) is 22.3. The zero-order valence-electron chi connectivity index (χ0n) is 18.3. The maximum absolute atomic E-state index is 11.7. The predicted molar refractivity (Wildman–Crippen MR) is 122 cm³/mol. The lowest BCUT2D eigenvalue weighted by molar-refractivity contribution is -0.123. The van der Waals surface area contributed by atoms with Crippen LogP contribution in [0.4, 0.5) is 5.95 Å². The lowest BCUT2D eigenvalue weighted by Gasteiger charge is -2.45. The summed E-state index contributed by atoms with van der Waals surface area (Å²) >= 11 is 0. The third kappa shape index (κ3) is 3.59. The molecule has 1 saturated carbocycles. The minimum absolute atomic E-state index is 0.0730. The fourth-order valence-electron chi connectivity index (χ4n) is 4.41. The highest BCUT2D eigenvalue weighted by Crippen LogP contribution is 2.37. The summed E-state index contributed by atoms with van der Waals surface area (Å²) in [7, 11) is 1.61. The van der Waals surface area contributed by atoms with Crippen LogP contribution in [-0.2, 0) is 4.79 Å². The van der Waals surface area contributed by atoms with Gasteiger partial charge in [-0.25, -0.2) is 0 Å². The molecule has 0 aliphatic heterocycles. The third-order valence-corrected chi connectivity index (χ3v) is 5.96. The average Bonchev–Trinajstić information content (AvgIpc) is 3.21. The second-order valence-corrected chi connectivity index (χ2v) is 8.45. The molecule has 1 aliphatic rings. The number of carbonyl (C=O) groups excluding carboxylic acids is 1. The van der Waals surface area contributed by atoms with Crippen molar-refractivity contribution in [3.05, 3.63) is 36.8 Å². The quantitative estimate of drug-likeness (QED) is 0.428. The number of benzene rings is 1. The van der Waals surface area contributed by atoms with E-state index in [2.05, 4.69) is 42.5 Å². The summed E-state index contributed by atoms with van der Waals surface area (Å²) in [5.41, 5.74) is 4.09. The van der Waals surface area contributed by atoms with E-state index >= 15 is 0 Å². The van der Waals surface area contributed by atoms with Crippen molar-refractivity contribution >= 4 is 33.9 Å². The first-order valence-corrected chi connectivity index (χ1v) is 10.7. The summed E-state index contributed by atoms with van der Waals surface area (Å²) in [6.07, 6.45) is 7.39. The van der Waals surface area contributed by atoms with Crippen LogP contribution in [0.15, 0.2) is 36.8 Å². The van der Waals surface area contributed by atoms with Crippen LogP contribution in [0, 0.1) is 0 Å². The molecule has 0 unspecified atom stereocenters. The van der Waals surface area contributed by atoms with E-state index < -0.39 is 0 Å². The molecule has 5 rings (SSSR count). The van der Waals surface area contributed by atoms with Crippen molar-refractivity contribution in [1.82, 2.24) is 30.2 Å². The summed E-state index contributed by atoms with van der Waals surface area (Å²) < 4.78 is 5.62. The molecule has 3 aromatic heterocycles. The second kappa shape index (κ2) is 7.74. The number of H-pyrrole nitrogens is 1. The van der Waals surface area contributed by atoms with Crippen LogP contribution in [0.5, 0.6) is 5.88 Å². The standard InChI is InChI=1S/C23H25N7O2/c1-4-18(31)30-23(2)10-14(11-23)27-22-28-20-19(21(29-22)32-3)15(12-26-20)13-5-6-16-17(9-13)25-8-7-24-16/h5-9,12,14H,4,10-11H2,1-3H3,(H,30,31)(H2,26,27,28,29). The number of nitrogens with zero attached hydrogens (tertiary/aromatic N) is 4. The van der Waals surface area contributed by atoms with E-state index in [1.165, 1.54) is 0 Å². The van der Waals surface area contributed by atoms with Gasteiger partial charge in [-0.05, 0) is 37.5 Å². The SMILES string of the molecule is CCC(=O)NC1(C)CC(Nc2nc(OC)c3c(-c4ccc5nccnc5c4)c[nH]c3n2)C1. The number of hydrogen-bond acceptors (Lipinski definition) is 7. The number of hydrogen-bond donors (Lipinski definition) is 3. The molecule has 3 heterocycles. The number of nitrogens with one attached hydrogen (secondary N) is 3. The highest BCUT2D eigenvalue weighted by atomic mass is 16.5. The highest BCUT2D eigenvalue weighted by Gasteiger charge is 2.41. The Labute approximate surface area is 185 Å². The smallest absolute Gasteiger partial charge is 0.228 e. The Kier molecular flexibility index (Phi) is 4.88. The largest absolute Gasteiger partial charge is 0.480 e. The number of carbonyl (C=O) groups is 1. The van der Waals surface area contributed by atoms with Gasteiger partial charge in [-0.1, -0.05) is 13.0 Å². The van der Waals surface area contributed by atoms with E-state index in [-0.39, 0.29) is 17.5 Å². The van der Waals surface area contributed by atoms with E-state index in [1.54, 1.807) is 19.5 Å². The fraction of sp³-hybridized carbons (Fsp3) is 0.348. The van der Waals surface area contributed by atoms with Crippen molar-refractivity contribution < 1.29 is 9.53 Å². The van der Waals surface area contributed by atoms with Crippen LogP contribution in [0.2, 0.25) is 0 Å². The van der Waals surface area contributed by atoms with Gasteiger partial charge in [0.25, 0.3) is 0 Å². The summed E-state index contributed by atoms with van der Waals surface area (Å²) in [4.78, 5) is 33.0. The number of rotatable bonds is 6. The van der Waals surface area contributed by atoms with Crippen molar-refractivity contribution in [2.45, 2.75) is 44.7 Å². The molecule has 164 valence electrons. The summed E-state index contributed by atoms with van der Waals surface area (Å²) in [5, 5.41) is 7.27. The van der Waals surface area contributed by atoms with Gasteiger partial charge in [0.15, 0.2) is 0 Å². The van der Waals surface area contributed by atoms with Crippen molar-refractivity contribution in [2.75, 3.05) is 12.4 Å². The number of aromatic amines is 1. The molecular formula is C23H25N7O2.